The van der Waals surface area contributed by atoms with Gasteiger partial charge in [-0.2, -0.15) is 0 Å². The standard InChI is InChI=1S/C13H19N2P/c1-16(2)10-6-5-9-15-11-14-12-7-3-4-8-13(12)15/h3-4,7-8,11H,5-6,9-10H2,1-2H3. The third-order valence-electron chi connectivity index (χ3n) is 2.78. The molecule has 0 saturated heterocycles. The second-order valence-electron chi connectivity index (χ2n) is 4.44. The number of rotatable bonds is 5. The highest BCUT2D eigenvalue weighted by Gasteiger charge is 2.00. The molecule has 0 fully saturated rings. The molecule has 0 atom stereocenters. The summed E-state index contributed by atoms with van der Waals surface area (Å²) in [5, 5.41) is 0. The fourth-order valence-electron chi connectivity index (χ4n) is 1.90. The van der Waals surface area contributed by atoms with Crippen LogP contribution in [0.25, 0.3) is 11.0 Å². The van der Waals surface area contributed by atoms with E-state index in [-0.39, 0.29) is 7.92 Å². The summed E-state index contributed by atoms with van der Waals surface area (Å²) in [7, 11) is 0.271. The number of imidazole rings is 1. The molecule has 2 aromatic rings. The molecule has 0 aliphatic carbocycles. The van der Waals surface area contributed by atoms with Gasteiger partial charge in [-0.05, 0) is 44.5 Å². The van der Waals surface area contributed by atoms with Gasteiger partial charge in [-0.15, -0.1) is 7.92 Å². The van der Waals surface area contributed by atoms with Crippen molar-refractivity contribution < 1.29 is 0 Å². The Morgan fingerprint density at radius 3 is 2.81 bits per heavy atom. The van der Waals surface area contributed by atoms with Crippen LogP contribution < -0.4 is 0 Å². The van der Waals surface area contributed by atoms with Gasteiger partial charge in [0.15, 0.2) is 0 Å². The molecule has 86 valence electrons. The van der Waals surface area contributed by atoms with Gasteiger partial charge in [-0.25, -0.2) is 4.98 Å². The zero-order valence-electron chi connectivity index (χ0n) is 10.1. The van der Waals surface area contributed by atoms with Gasteiger partial charge in [-0.3, -0.25) is 0 Å². The molecule has 16 heavy (non-hydrogen) atoms. The van der Waals surface area contributed by atoms with Gasteiger partial charge in [0.2, 0.25) is 0 Å². The van der Waals surface area contributed by atoms with Crippen LogP contribution in [0.15, 0.2) is 30.6 Å². The first kappa shape index (κ1) is 11.6. The van der Waals surface area contributed by atoms with Crippen molar-refractivity contribution in [2.24, 2.45) is 0 Å². The molecule has 0 saturated carbocycles. The number of fused-ring (bicyclic) bond motifs is 1. The third kappa shape index (κ3) is 2.82. The Hall–Kier alpha value is -0.880. The molecule has 2 rings (SSSR count). The molecule has 0 aliphatic rings. The van der Waals surface area contributed by atoms with Gasteiger partial charge in [0.05, 0.1) is 17.4 Å². The molecule has 2 nitrogen and oxygen atoms in total. The summed E-state index contributed by atoms with van der Waals surface area (Å²) < 4.78 is 2.27. The minimum absolute atomic E-state index is 0.271. The Labute approximate surface area is 98.4 Å². The first-order valence-corrected chi connectivity index (χ1v) is 8.24. The Balaban J connectivity index is 1.94. The first-order valence-electron chi connectivity index (χ1n) is 5.82. The molecule has 0 bridgehead atoms. The number of nitrogens with zero attached hydrogens (tertiary/aromatic N) is 2. The van der Waals surface area contributed by atoms with E-state index in [9.17, 15) is 0 Å². The summed E-state index contributed by atoms with van der Waals surface area (Å²) in [6.07, 6.45) is 5.96. The third-order valence-corrected chi connectivity index (χ3v) is 3.99. The summed E-state index contributed by atoms with van der Waals surface area (Å²) in [6, 6.07) is 8.34. The van der Waals surface area contributed by atoms with E-state index in [1.165, 1.54) is 24.5 Å². The summed E-state index contributed by atoms with van der Waals surface area (Å²) in [4.78, 5) is 4.40. The number of aryl methyl sites for hydroxylation is 1. The monoisotopic (exact) mass is 234 g/mol. The molecule has 0 amide bonds. The lowest BCUT2D eigenvalue weighted by molar-refractivity contribution is 0.648. The minimum Gasteiger partial charge on any atom is -0.331 e. The summed E-state index contributed by atoms with van der Waals surface area (Å²) >= 11 is 0. The minimum atomic E-state index is 0.271. The SMILES string of the molecule is CP(C)CCCCn1cnc2ccccc21. The van der Waals surface area contributed by atoms with Gasteiger partial charge in [-0.1, -0.05) is 12.1 Å². The molecule has 1 aromatic carbocycles. The number of hydrogen-bond acceptors (Lipinski definition) is 1. The highest BCUT2D eigenvalue weighted by Crippen LogP contribution is 2.25. The van der Waals surface area contributed by atoms with Crippen molar-refractivity contribution in [3.8, 4) is 0 Å². The van der Waals surface area contributed by atoms with Crippen LogP contribution in [0.4, 0.5) is 0 Å². The zero-order valence-corrected chi connectivity index (χ0v) is 11.0. The lowest BCUT2D eigenvalue weighted by Gasteiger charge is -2.06. The van der Waals surface area contributed by atoms with Gasteiger partial charge in [0.1, 0.15) is 0 Å². The van der Waals surface area contributed by atoms with Crippen molar-refractivity contribution in [3.63, 3.8) is 0 Å². The average Bonchev–Trinajstić information content (AvgIpc) is 2.68. The van der Waals surface area contributed by atoms with Crippen LogP contribution in [0.1, 0.15) is 12.8 Å². The Bertz CT molecular complexity index is 448. The van der Waals surface area contributed by atoms with Crippen LogP contribution in [0.3, 0.4) is 0 Å². The van der Waals surface area contributed by atoms with Gasteiger partial charge in [0, 0.05) is 6.54 Å². The van der Waals surface area contributed by atoms with E-state index in [0.29, 0.717) is 0 Å². The first-order chi connectivity index (χ1) is 7.77. The average molecular weight is 234 g/mol. The zero-order chi connectivity index (χ0) is 11.4. The van der Waals surface area contributed by atoms with Crippen LogP contribution in [-0.2, 0) is 6.54 Å². The Kier molecular flexibility index (Phi) is 3.95. The van der Waals surface area contributed by atoms with Crippen LogP contribution >= 0.6 is 7.92 Å². The second-order valence-corrected chi connectivity index (χ2v) is 7.04. The number of para-hydroxylation sites is 2. The predicted molar refractivity (Wildman–Crippen MR) is 72.6 cm³/mol. The summed E-state index contributed by atoms with van der Waals surface area (Å²) in [5.74, 6) is 0. The molecule has 0 radical (unpaired) electrons. The summed E-state index contributed by atoms with van der Waals surface area (Å²) in [6.45, 7) is 5.80. The summed E-state index contributed by atoms with van der Waals surface area (Å²) in [5.41, 5.74) is 2.37. The van der Waals surface area contributed by atoms with Crippen molar-refractivity contribution in [1.29, 1.82) is 0 Å². The van der Waals surface area contributed by atoms with Gasteiger partial charge >= 0.3 is 0 Å². The second kappa shape index (κ2) is 5.45. The van der Waals surface area contributed by atoms with Gasteiger partial charge < -0.3 is 4.57 Å². The van der Waals surface area contributed by atoms with Crippen molar-refractivity contribution in [3.05, 3.63) is 30.6 Å². The fraction of sp³-hybridized carbons (Fsp3) is 0.462. The molecule has 0 unspecified atom stereocenters. The topological polar surface area (TPSA) is 17.8 Å². The predicted octanol–water partition coefficient (Wildman–Crippen LogP) is 3.56. The van der Waals surface area contributed by atoms with E-state index in [4.69, 9.17) is 0 Å². The number of aromatic nitrogens is 2. The molecule has 0 aliphatic heterocycles. The number of benzene rings is 1. The number of hydrogen-bond donors (Lipinski definition) is 0. The van der Waals surface area contributed by atoms with Crippen LogP contribution in [0.5, 0.6) is 0 Å². The number of unbranched alkanes of at least 4 members (excludes halogenated alkanes) is 1. The van der Waals surface area contributed by atoms with E-state index in [0.717, 1.165) is 12.1 Å². The maximum absolute atomic E-state index is 4.40. The lowest BCUT2D eigenvalue weighted by atomic mass is 10.3. The van der Waals surface area contributed by atoms with Crippen molar-refractivity contribution in [1.82, 2.24) is 9.55 Å². The largest absolute Gasteiger partial charge is 0.331 e. The van der Waals surface area contributed by atoms with E-state index in [1.807, 2.05) is 12.4 Å². The van der Waals surface area contributed by atoms with E-state index in [2.05, 4.69) is 41.1 Å². The maximum atomic E-state index is 4.40. The van der Waals surface area contributed by atoms with E-state index < -0.39 is 0 Å². The molecular formula is C13H19N2P. The highest BCUT2D eigenvalue weighted by atomic mass is 31.1. The van der Waals surface area contributed by atoms with E-state index in [1.54, 1.807) is 0 Å². The highest BCUT2D eigenvalue weighted by molar-refractivity contribution is 7.55. The quantitative estimate of drug-likeness (QED) is 0.571. The normalized spacial score (nSPS) is 11.4. The van der Waals surface area contributed by atoms with Crippen molar-refractivity contribution in [2.75, 3.05) is 19.5 Å². The van der Waals surface area contributed by atoms with Gasteiger partial charge in [0.25, 0.3) is 0 Å². The maximum Gasteiger partial charge on any atom is 0.0958 e. The molecule has 1 heterocycles. The van der Waals surface area contributed by atoms with E-state index >= 15 is 0 Å². The molecule has 3 heteroatoms. The van der Waals surface area contributed by atoms with Crippen LogP contribution in [-0.4, -0.2) is 29.0 Å². The fourth-order valence-corrected chi connectivity index (χ4v) is 2.75. The molecule has 1 aromatic heterocycles. The van der Waals surface area contributed by atoms with Crippen LogP contribution in [0, 0.1) is 0 Å². The Morgan fingerprint density at radius 2 is 2.00 bits per heavy atom. The van der Waals surface area contributed by atoms with Crippen molar-refractivity contribution >= 4 is 19.0 Å². The molecule has 0 spiro atoms. The molecular weight excluding hydrogens is 215 g/mol. The van der Waals surface area contributed by atoms with Crippen LogP contribution in [0.2, 0.25) is 0 Å². The van der Waals surface area contributed by atoms with Crippen molar-refractivity contribution in [2.45, 2.75) is 19.4 Å². The lowest BCUT2D eigenvalue weighted by Crippen LogP contribution is -1.96. The smallest absolute Gasteiger partial charge is 0.0958 e. The Morgan fingerprint density at radius 1 is 1.19 bits per heavy atom. The molecule has 0 N–H and O–H groups in total.